The van der Waals surface area contributed by atoms with E-state index in [2.05, 4.69) is 0 Å². The van der Waals surface area contributed by atoms with Gasteiger partial charge >= 0.3 is 5.97 Å². The fraction of sp³-hybridized carbons (Fsp3) is 0.188. The second kappa shape index (κ2) is 5.57. The Balaban J connectivity index is 2.55. The van der Waals surface area contributed by atoms with Crippen LogP contribution in [-0.2, 0) is 0 Å². The number of aryl methyl sites for hydroxylation is 1. The highest BCUT2D eigenvalue weighted by atomic mass is 16.4. The number of anilines is 2. The van der Waals surface area contributed by atoms with Crippen LogP contribution in [0.2, 0.25) is 0 Å². The molecule has 0 unspecified atom stereocenters. The van der Waals surface area contributed by atoms with E-state index in [9.17, 15) is 9.90 Å². The maximum Gasteiger partial charge on any atom is 0.337 e. The average molecular weight is 255 g/mol. The molecule has 0 amide bonds. The minimum absolute atomic E-state index is 0.326. The molecule has 0 heterocycles. The summed E-state index contributed by atoms with van der Waals surface area (Å²) in [5, 5.41) is 9.30. The monoisotopic (exact) mass is 255 g/mol. The molecule has 19 heavy (non-hydrogen) atoms. The summed E-state index contributed by atoms with van der Waals surface area (Å²) in [6.45, 7) is 4.77. The lowest BCUT2D eigenvalue weighted by molar-refractivity contribution is 0.0697. The molecule has 0 saturated heterocycles. The van der Waals surface area contributed by atoms with Crippen LogP contribution in [0.15, 0.2) is 48.5 Å². The topological polar surface area (TPSA) is 40.5 Å². The molecular formula is C16H17NO2. The van der Waals surface area contributed by atoms with Gasteiger partial charge in [0.15, 0.2) is 0 Å². The van der Waals surface area contributed by atoms with E-state index in [4.69, 9.17) is 0 Å². The molecule has 0 spiro atoms. The average Bonchev–Trinajstić information content (AvgIpc) is 2.42. The van der Waals surface area contributed by atoms with Crippen LogP contribution in [0.5, 0.6) is 0 Å². The molecule has 0 radical (unpaired) electrons. The van der Waals surface area contributed by atoms with Crippen molar-refractivity contribution in [1.82, 2.24) is 0 Å². The molecule has 1 N–H and O–H groups in total. The van der Waals surface area contributed by atoms with Crippen molar-refractivity contribution in [3.8, 4) is 0 Å². The van der Waals surface area contributed by atoms with Gasteiger partial charge in [-0.2, -0.15) is 0 Å². The summed E-state index contributed by atoms with van der Waals surface area (Å²) in [6.07, 6.45) is 0. The lowest BCUT2D eigenvalue weighted by Gasteiger charge is -2.26. The summed E-state index contributed by atoms with van der Waals surface area (Å²) in [5.74, 6) is -0.900. The number of carbonyl (C=O) groups is 1. The van der Waals surface area contributed by atoms with Crippen molar-refractivity contribution < 1.29 is 9.90 Å². The van der Waals surface area contributed by atoms with Crippen molar-refractivity contribution in [2.45, 2.75) is 13.8 Å². The van der Waals surface area contributed by atoms with E-state index >= 15 is 0 Å². The first-order chi connectivity index (χ1) is 9.15. The number of hydrogen-bond acceptors (Lipinski definition) is 2. The summed E-state index contributed by atoms with van der Waals surface area (Å²) < 4.78 is 0. The maximum absolute atomic E-state index is 11.3. The molecule has 0 atom stereocenters. The molecule has 0 bridgehead atoms. The summed E-state index contributed by atoms with van der Waals surface area (Å²) in [6, 6.07) is 15.1. The molecule has 0 aromatic heterocycles. The van der Waals surface area contributed by atoms with Crippen LogP contribution < -0.4 is 4.90 Å². The Labute approximate surface area is 113 Å². The molecule has 0 aliphatic rings. The van der Waals surface area contributed by atoms with Gasteiger partial charge in [-0.25, -0.2) is 4.79 Å². The summed E-state index contributed by atoms with van der Waals surface area (Å²) >= 11 is 0. The molecule has 2 aromatic rings. The standard InChI is InChI=1S/C16H17NO2/c1-3-17(14-10-6-4-8-12(14)2)15-11-7-5-9-13(15)16(18)19/h4-11H,3H2,1-2H3,(H,18,19). The van der Waals surface area contributed by atoms with E-state index in [1.54, 1.807) is 12.1 Å². The summed E-state index contributed by atoms with van der Waals surface area (Å²) in [5.41, 5.74) is 3.22. The number of aromatic carboxylic acids is 1. The SMILES string of the molecule is CCN(c1ccccc1C)c1ccccc1C(=O)O. The van der Waals surface area contributed by atoms with E-state index in [1.165, 1.54) is 0 Å². The zero-order chi connectivity index (χ0) is 13.8. The highest BCUT2D eigenvalue weighted by molar-refractivity contribution is 5.95. The molecule has 2 rings (SSSR count). The molecule has 98 valence electrons. The zero-order valence-electron chi connectivity index (χ0n) is 11.1. The summed E-state index contributed by atoms with van der Waals surface area (Å²) in [4.78, 5) is 13.4. The first-order valence-corrected chi connectivity index (χ1v) is 6.30. The first kappa shape index (κ1) is 13.1. The quantitative estimate of drug-likeness (QED) is 0.902. The Morgan fingerprint density at radius 1 is 1.05 bits per heavy atom. The Bertz CT molecular complexity index is 593. The highest BCUT2D eigenvalue weighted by Gasteiger charge is 2.16. The number of benzene rings is 2. The smallest absolute Gasteiger partial charge is 0.337 e. The molecule has 0 aliphatic carbocycles. The predicted octanol–water partition coefficient (Wildman–Crippen LogP) is 3.85. The van der Waals surface area contributed by atoms with Gasteiger partial charge in [0, 0.05) is 12.2 Å². The second-order valence-corrected chi connectivity index (χ2v) is 4.35. The van der Waals surface area contributed by atoms with Crippen molar-refractivity contribution >= 4 is 17.3 Å². The van der Waals surface area contributed by atoms with Gasteiger partial charge in [0.1, 0.15) is 0 Å². The lowest BCUT2D eigenvalue weighted by atomic mass is 10.1. The van der Waals surface area contributed by atoms with Gasteiger partial charge in [-0.1, -0.05) is 30.3 Å². The number of carboxylic acids is 1. The Morgan fingerprint density at radius 2 is 1.63 bits per heavy atom. The van der Waals surface area contributed by atoms with Crippen molar-refractivity contribution in [1.29, 1.82) is 0 Å². The number of rotatable bonds is 4. The fourth-order valence-corrected chi connectivity index (χ4v) is 2.23. The van der Waals surface area contributed by atoms with Crippen molar-refractivity contribution in [2.75, 3.05) is 11.4 Å². The predicted molar refractivity (Wildman–Crippen MR) is 77.3 cm³/mol. The molecule has 2 aromatic carbocycles. The fourth-order valence-electron chi connectivity index (χ4n) is 2.23. The van der Waals surface area contributed by atoms with Gasteiger partial charge in [-0.3, -0.25) is 0 Å². The van der Waals surface area contributed by atoms with Crippen LogP contribution in [0.3, 0.4) is 0 Å². The van der Waals surface area contributed by atoms with E-state index in [0.29, 0.717) is 5.56 Å². The second-order valence-electron chi connectivity index (χ2n) is 4.35. The summed E-state index contributed by atoms with van der Waals surface area (Å²) in [7, 11) is 0. The minimum atomic E-state index is -0.900. The number of hydrogen-bond donors (Lipinski definition) is 1. The Hall–Kier alpha value is -2.29. The van der Waals surface area contributed by atoms with Crippen molar-refractivity contribution in [3.63, 3.8) is 0 Å². The van der Waals surface area contributed by atoms with Gasteiger partial charge in [-0.15, -0.1) is 0 Å². The van der Waals surface area contributed by atoms with Crippen LogP contribution in [0, 0.1) is 6.92 Å². The van der Waals surface area contributed by atoms with Crippen LogP contribution in [0.1, 0.15) is 22.8 Å². The number of carboxylic acid groups (broad SMARTS) is 1. The molecule has 3 nitrogen and oxygen atoms in total. The largest absolute Gasteiger partial charge is 0.478 e. The molecule has 0 saturated carbocycles. The first-order valence-electron chi connectivity index (χ1n) is 6.30. The molecule has 0 aliphatic heterocycles. The molecule has 0 fully saturated rings. The highest BCUT2D eigenvalue weighted by Crippen LogP contribution is 2.30. The Kier molecular flexibility index (Phi) is 3.85. The van der Waals surface area contributed by atoms with Gasteiger partial charge in [0.2, 0.25) is 0 Å². The van der Waals surface area contributed by atoms with Gasteiger partial charge in [0.25, 0.3) is 0 Å². The zero-order valence-corrected chi connectivity index (χ0v) is 11.1. The normalized spacial score (nSPS) is 10.2. The number of para-hydroxylation sites is 2. The van der Waals surface area contributed by atoms with Gasteiger partial charge in [-0.05, 0) is 37.6 Å². The van der Waals surface area contributed by atoms with Gasteiger partial charge < -0.3 is 10.0 Å². The number of nitrogens with zero attached hydrogens (tertiary/aromatic N) is 1. The lowest BCUT2D eigenvalue weighted by Crippen LogP contribution is -2.19. The third kappa shape index (κ3) is 2.60. The van der Waals surface area contributed by atoms with Crippen LogP contribution >= 0.6 is 0 Å². The maximum atomic E-state index is 11.3. The van der Waals surface area contributed by atoms with E-state index < -0.39 is 5.97 Å². The van der Waals surface area contributed by atoms with Crippen LogP contribution in [0.25, 0.3) is 0 Å². The molecule has 3 heteroatoms. The Morgan fingerprint density at radius 3 is 2.21 bits per heavy atom. The minimum Gasteiger partial charge on any atom is -0.478 e. The van der Waals surface area contributed by atoms with Crippen molar-refractivity contribution in [3.05, 3.63) is 59.7 Å². The molecular weight excluding hydrogens is 238 g/mol. The van der Waals surface area contributed by atoms with Crippen LogP contribution in [-0.4, -0.2) is 17.6 Å². The van der Waals surface area contributed by atoms with Gasteiger partial charge in [0.05, 0.1) is 11.3 Å². The third-order valence-corrected chi connectivity index (χ3v) is 3.15. The van der Waals surface area contributed by atoms with E-state index in [1.807, 2.05) is 55.1 Å². The van der Waals surface area contributed by atoms with Crippen molar-refractivity contribution in [2.24, 2.45) is 0 Å². The van der Waals surface area contributed by atoms with E-state index in [0.717, 1.165) is 23.5 Å². The van der Waals surface area contributed by atoms with Crippen LogP contribution in [0.4, 0.5) is 11.4 Å². The third-order valence-electron chi connectivity index (χ3n) is 3.15. The van der Waals surface area contributed by atoms with E-state index in [-0.39, 0.29) is 0 Å².